The summed E-state index contributed by atoms with van der Waals surface area (Å²) in [5.74, 6) is -6.03. The van der Waals surface area contributed by atoms with E-state index in [-0.39, 0.29) is 11.1 Å². The molecule has 120 valence electrons. The molecular formula is C16H8O8. The van der Waals surface area contributed by atoms with E-state index in [9.17, 15) is 29.4 Å². The van der Waals surface area contributed by atoms with E-state index in [4.69, 9.17) is 10.2 Å². The standard InChI is InChI=1S/C16H8O8/c17-9-1-2-10(18)12-11(9)13(19)5-3-7(15(21)22)8(16(23)24)4-6(5)14(12)20/h1-4,17-18H,(H,21,22)(H,23,24). The van der Waals surface area contributed by atoms with Gasteiger partial charge in [0.25, 0.3) is 0 Å². The van der Waals surface area contributed by atoms with Crippen LogP contribution < -0.4 is 0 Å². The van der Waals surface area contributed by atoms with Crippen LogP contribution in [0.5, 0.6) is 11.5 Å². The van der Waals surface area contributed by atoms with Gasteiger partial charge in [0.05, 0.1) is 22.3 Å². The molecule has 8 nitrogen and oxygen atoms in total. The molecule has 0 saturated carbocycles. The highest BCUT2D eigenvalue weighted by Crippen LogP contribution is 2.38. The number of fused-ring (bicyclic) bond motifs is 2. The predicted octanol–water partition coefficient (Wildman–Crippen LogP) is 1.27. The molecule has 8 heteroatoms. The molecule has 2 aromatic rings. The highest BCUT2D eigenvalue weighted by Gasteiger charge is 2.36. The number of hydrogen-bond donors (Lipinski definition) is 4. The van der Waals surface area contributed by atoms with Crippen molar-refractivity contribution >= 4 is 23.5 Å². The van der Waals surface area contributed by atoms with Gasteiger partial charge in [-0.15, -0.1) is 0 Å². The number of carbonyl (C=O) groups excluding carboxylic acids is 2. The first-order valence-corrected chi connectivity index (χ1v) is 6.53. The Labute approximate surface area is 133 Å². The lowest BCUT2D eigenvalue weighted by molar-refractivity contribution is 0.0651. The van der Waals surface area contributed by atoms with Crippen molar-refractivity contribution in [3.63, 3.8) is 0 Å². The molecule has 0 heterocycles. The normalized spacial score (nSPS) is 12.5. The van der Waals surface area contributed by atoms with Crippen LogP contribution in [0.2, 0.25) is 0 Å². The van der Waals surface area contributed by atoms with Gasteiger partial charge >= 0.3 is 11.9 Å². The topological polar surface area (TPSA) is 149 Å². The quantitative estimate of drug-likeness (QED) is 0.514. The Morgan fingerprint density at radius 1 is 0.708 bits per heavy atom. The van der Waals surface area contributed by atoms with Crippen molar-refractivity contribution in [2.75, 3.05) is 0 Å². The van der Waals surface area contributed by atoms with Crippen LogP contribution >= 0.6 is 0 Å². The molecule has 24 heavy (non-hydrogen) atoms. The number of carboxylic acids is 2. The lowest BCUT2D eigenvalue weighted by Gasteiger charge is -2.20. The summed E-state index contributed by atoms with van der Waals surface area (Å²) < 4.78 is 0. The van der Waals surface area contributed by atoms with Crippen molar-refractivity contribution in [2.24, 2.45) is 0 Å². The molecule has 0 radical (unpaired) electrons. The molecule has 1 aliphatic carbocycles. The van der Waals surface area contributed by atoms with Crippen molar-refractivity contribution < 1.29 is 39.6 Å². The maximum Gasteiger partial charge on any atom is 0.336 e. The zero-order valence-corrected chi connectivity index (χ0v) is 11.7. The second kappa shape index (κ2) is 4.92. The van der Waals surface area contributed by atoms with Crippen molar-refractivity contribution in [1.82, 2.24) is 0 Å². The maximum absolute atomic E-state index is 12.5. The molecule has 0 aromatic heterocycles. The zero-order valence-electron chi connectivity index (χ0n) is 11.7. The Kier molecular flexibility index (Phi) is 3.12. The van der Waals surface area contributed by atoms with Gasteiger partial charge < -0.3 is 20.4 Å². The molecule has 0 spiro atoms. The van der Waals surface area contributed by atoms with E-state index in [0.717, 1.165) is 24.3 Å². The molecule has 0 amide bonds. The van der Waals surface area contributed by atoms with Crippen LogP contribution in [0.25, 0.3) is 0 Å². The van der Waals surface area contributed by atoms with Crippen LogP contribution in [-0.2, 0) is 0 Å². The molecular weight excluding hydrogens is 320 g/mol. The first-order valence-electron chi connectivity index (χ1n) is 6.53. The zero-order chi connectivity index (χ0) is 17.8. The van der Waals surface area contributed by atoms with Crippen LogP contribution in [-0.4, -0.2) is 43.9 Å². The van der Waals surface area contributed by atoms with Gasteiger partial charge in [-0.1, -0.05) is 0 Å². The van der Waals surface area contributed by atoms with Crippen LogP contribution in [0.15, 0.2) is 24.3 Å². The predicted molar refractivity (Wildman–Crippen MR) is 77.0 cm³/mol. The van der Waals surface area contributed by atoms with Gasteiger partial charge in [-0.05, 0) is 24.3 Å². The summed E-state index contributed by atoms with van der Waals surface area (Å²) in [5.41, 5.74) is -2.93. The Morgan fingerprint density at radius 3 is 1.33 bits per heavy atom. The van der Waals surface area contributed by atoms with Crippen molar-refractivity contribution in [3.8, 4) is 11.5 Å². The van der Waals surface area contributed by atoms with Gasteiger partial charge in [-0.2, -0.15) is 0 Å². The smallest absolute Gasteiger partial charge is 0.336 e. The summed E-state index contributed by atoms with van der Waals surface area (Å²) >= 11 is 0. The minimum absolute atomic E-state index is 0.351. The van der Waals surface area contributed by atoms with E-state index in [2.05, 4.69) is 0 Å². The molecule has 4 N–H and O–H groups in total. The number of phenols is 2. The average Bonchev–Trinajstić information content (AvgIpc) is 2.53. The molecule has 0 bridgehead atoms. The molecule has 2 aromatic carbocycles. The Bertz CT molecular complexity index is 893. The Morgan fingerprint density at radius 2 is 1.04 bits per heavy atom. The second-order valence-electron chi connectivity index (χ2n) is 5.07. The number of aromatic hydroxyl groups is 2. The van der Waals surface area contributed by atoms with E-state index in [1.54, 1.807) is 0 Å². The number of carbonyl (C=O) groups is 4. The van der Waals surface area contributed by atoms with E-state index in [1.807, 2.05) is 0 Å². The molecule has 0 unspecified atom stereocenters. The van der Waals surface area contributed by atoms with E-state index >= 15 is 0 Å². The molecule has 0 atom stereocenters. The van der Waals surface area contributed by atoms with Gasteiger partial charge in [0.15, 0.2) is 11.6 Å². The highest BCUT2D eigenvalue weighted by molar-refractivity contribution is 6.31. The molecule has 0 saturated heterocycles. The van der Waals surface area contributed by atoms with Gasteiger partial charge in [0, 0.05) is 11.1 Å². The van der Waals surface area contributed by atoms with Gasteiger partial charge in [-0.3, -0.25) is 9.59 Å². The Hall–Kier alpha value is -3.68. The molecule has 0 aliphatic heterocycles. The fraction of sp³-hybridized carbons (Fsp3) is 0. The van der Waals surface area contributed by atoms with Gasteiger partial charge in [0.2, 0.25) is 0 Å². The summed E-state index contributed by atoms with van der Waals surface area (Å²) in [6.45, 7) is 0. The second-order valence-corrected chi connectivity index (χ2v) is 5.07. The third-order valence-electron chi connectivity index (χ3n) is 3.72. The summed E-state index contributed by atoms with van der Waals surface area (Å²) in [7, 11) is 0. The van der Waals surface area contributed by atoms with E-state index < -0.39 is 57.3 Å². The van der Waals surface area contributed by atoms with E-state index in [1.165, 1.54) is 0 Å². The molecule has 1 aliphatic rings. The highest BCUT2D eigenvalue weighted by atomic mass is 16.4. The third kappa shape index (κ3) is 1.93. The van der Waals surface area contributed by atoms with Crippen molar-refractivity contribution in [3.05, 3.63) is 57.6 Å². The summed E-state index contributed by atoms with van der Waals surface area (Å²) in [6, 6.07) is 3.61. The number of hydrogen-bond acceptors (Lipinski definition) is 6. The minimum atomic E-state index is -1.58. The van der Waals surface area contributed by atoms with Crippen LogP contribution in [0.3, 0.4) is 0 Å². The Balaban J connectivity index is 2.39. The first-order chi connectivity index (χ1) is 11.2. The molecule has 0 fully saturated rings. The largest absolute Gasteiger partial charge is 0.507 e. The number of phenolic OH excluding ortho intramolecular Hbond substituents is 2. The lowest BCUT2D eigenvalue weighted by atomic mass is 9.81. The summed E-state index contributed by atoms with van der Waals surface area (Å²) in [4.78, 5) is 47.5. The SMILES string of the molecule is O=C(O)c1cc2c(cc1C(=O)O)C(=O)c1c(O)ccc(O)c1C2=O. The number of aromatic carboxylic acids is 2. The third-order valence-corrected chi connectivity index (χ3v) is 3.72. The summed E-state index contributed by atoms with van der Waals surface area (Å²) in [6.07, 6.45) is 0. The monoisotopic (exact) mass is 328 g/mol. The summed E-state index contributed by atoms with van der Waals surface area (Å²) in [5, 5.41) is 37.9. The molecule has 3 rings (SSSR count). The van der Waals surface area contributed by atoms with Crippen LogP contribution in [0.1, 0.15) is 52.6 Å². The maximum atomic E-state index is 12.5. The number of benzene rings is 2. The fourth-order valence-electron chi connectivity index (χ4n) is 2.64. The van der Waals surface area contributed by atoms with Crippen molar-refractivity contribution in [2.45, 2.75) is 0 Å². The average molecular weight is 328 g/mol. The fourth-order valence-corrected chi connectivity index (χ4v) is 2.64. The van der Waals surface area contributed by atoms with Gasteiger partial charge in [-0.25, -0.2) is 9.59 Å². The lowest BCUT2D eigenvalue weighted by Crippen LogP contribution is -2.23. The first kappa shape index (κ1) is 15.2. The minimum Gasteiger partial charge on any atom is -0.507 e. The van der Waals surface area contributed by atoms with Crippen LogP contribution in [0, 0.1) is 0 Å². The van der Waals surface area contributed by atoms with Crippen LogP contribution in [0.4, 0.5) is 0 Å². The number of carboxylic acid groups (broad SMARTS) is 2. The number of rotatable bonds is 2. The number of ketones is 2. The van der Waals surface area contributed by atoms with E-state index in [0.29, 0.717) is 0 Å². The van der Waals surface area contributed by atoms with Gasteiger partial charge in [0.1, 0.15) is 11.5 Å². The van der Waals surface area contributed by atoms with Crippen molar-refractivity contribution in [1.29, 1.82) is 0 Å².